The molecule has 0 aliphatic heterocycles. The lowest BCUT2D eigenvalue weighted by Crippen LogP contribution is -2.28. The van der Waals surface area contributed by atoms with Crippen molar-refractivity contribution in [3.8, 4) is 0 Å². The van der Waals surface area contributed by atoms with Crippen LogP contribution in [0.1, 0.15) is 258 Å². The van der Waals surface area contributed by atoms with E-state index in [0.717, 1.165) is 83.5 Å². The minimum atomic E-state index is -4.30. The molecule has 0 spiro atoms. The zero-order valence-electron chi connectivity index (χ0n) is 44.3. The predicted octanol–water partition coefficient (Wildman–Crippen LogP) is 18.2. The SMILES string of the molecule is CC/C=C\C/C=C\C/C=C\C/C=C\C/C=C\C/C=C\CCCCCCCOCC(COP(=O)(O)OCCN)OC(=O)CCCCCCCCCCCCCCCCCCCCCCCCCCC. The summed E-state index contributed by atoms with van der Waals surface area (Å²) in [7, 11) is -4.30. The highest BCUT2D eigenvalue weighted by molar-refractivity contribution is 7.47. The van der Waals surface area contributed by atoms with Crippen LogP contribution < -0.4 is 5.73 Å². The lowest BCUT2D eigenvalue weighted by atomic mass is 10.0. The third-order valence-electron chi connectivity index (χ3n) is 12.1. The van der Waals surface area contributed by atoms with Gasteiger partial charge in [0.25, 0.3) is 0 Å². The van der Waals surface area contributed by atoms with E-state index in [9.17, 15) is 14.3 Å². The molecule has 396 valence electrons. The number of hydrogen-bond acceptors (Lipinski definition) is 7. The fourth-order valence-electron chi connectivity index (χ4n) is 8.00. The van der Waals surface area contributed by atoms with Gasteiger partial charge in [-0.1, -0.05) is 260 Å². The number of phosphoric ester groups is 1. The average Bonchev–Trinajstić information content (AvgIpc) is 3.33. The Kier molecular flexibility index (Phi) is 54.2. The van der Waals surface area contributed by atoms with Crippen molar-refractivity contribution in [3.05, 3.63) is 72.9 Å². The van der Waals surface area contributed by atoms with E-state index in [0.29, 0.717) is 13.0 Å². The molecule has 8 nitrogen and oxygen atoms in total. The third kappa shape index (κ3) is 54.9. The minimum absolute atomic E-state index is 0.0948. The van der Waals surface area contributed by atoms with Gasteiger partial charge < -0.3 is 20.1 Å². The van der Waals surface area contributed by atoms with Gasteiger partial charge in [0.1, 0.15) is 6.10 Å². The van der Waals surface area contributed by atoms with Crippen LogP contribution in [0, 0.1) is 0 Å². The first-order chi connectivity index (χ1) is 33.4. The smallest absolute Gasteiger partial charge is 0.457 e. The van der Waals surface area contributed by atoms with Crippen molar-refractivity contribution in [1.29, 1.82) is 0 Å². The highest BCUT2D eigenvalue weighted by atomic mass is 31.2. The van der Waals surface area contributed by atoms with Crippen LogP contribution in [0.25, 0.3) is 0 Å². The van der Waals surface area contributed by atoms with Crippen molar-refractivity contribution in [1.82, 2.24) is 0 Å². The fourth-order valence-corrected chi connectivity index (χ4v) is 8.77. The number of esters is 1. The minimum Gasteiger partial charge on any atom is -0.457 e. The van der Waals surface area contributed by atoms with Crippen LogP contribution >= 0.6 is 7.82 Å². The van der Waals surface area contributed by atoms with Crippen molar-refractivity contribution in [2.75, 3.05) is 33.0 Å². The molecule has 0 aromatic rings. The number of nitrogens with two attached hydrogens (primary N) is 1. The molecule has 0 aliphatic rings. The Morgan fingerprint density at radius 1 is 0.456 bits per heavy atom. The highest BCUT2D eigenvalue weighted by Crippen LogP contribution is 2.43. The molecule has 0 heterocycles. The van der Waals surface area contributed by atoms with Crippen LogP contribution in [-0.4, -0.2) is 49.9 Å². The van der Waals surface area contributed by atoms with E-state index in [1.807, 2.05) is 0 Å². The summed E-state index contributed by atoms with van der Waals surface area (Å²) < 4.78 is 33.7. The van der Waals surface area contributed by atoms with E-state index >= 15 is 0 Å². The topological polar surface area (TPSA) is 117 Å². The van der Waals surface area contributed by atoms with Crippen molar-refractivity contribution in [3.63, 3.8) is 0 Å². The summed E-state index contributed by atoms with van der Waals surface area (Å²) in [4.78, 5) is 22.7. The summed E-state index contributed by atoms with van der Waals surface area (Å²) in [5.74, 6) is -0.334. The Bertz CT molecular complexity index is 1280. The molecule has 0 fully saturated rings. The van der Waals surface area contributed by atoms with Gasteiger partial charge in [0.05, 0.1) is 19.8 Å². The highest BCUT2D eigenvalue weighted by Gasteiger charge is 2.25. The lowest BCUT2D eigenvalue weighted by molar-refractivity contribution is -0.154. The molecule has 68 heavy (non-hydrogen) atoms. The number of ether oxygens (including phenoxy) is 2. The normalized spacial score (nSPS) is 13.8. The molecule has 0 aromatic heterocycles. The summed E-state index contributed by atoms with van der Waals surface area (Å²) in [5.41, 5.74) is 5.40. The van der Waals surface area contributed by atoms with Crippen molar-refractivity contribution >= 4 is 13.8 Å². The first kappa shape index (κ1) is 65.9. The van der Waals surface area contributed by atoms with Crippen LogP contribution in [0.5, 0.6) is 0 Å². The van der Waals surface area contributed by atoms with Gasteiger partial charge in [0.15, 0.2) is 0 Å². The predicted molar refractivity (Wildman–Crippen MR) is 293 cm³/mol. The maximum absolute atomic E-state index is 12.7. The molecular weight excluding hydrogens is 866 g/mol. The Balaban J connectivity index is 3.93. The number of allylic oxidation sites excluding steroid dienone is 12. The van der Waals surface area contributed by atoms with Crippen LogP contribution in [0.4, 0.5) is 0 Å². The standard InChI is InChI=1S/C59H108NO7P/c1-3-5-7-9-11-13-15-17-19-21-23-25-27-29-30-32-34-36-38-40-42-44-46-48-50-52-59(61)67-58(57-66-68(62,63)65-55-53-60)56-64-54-51-49-47-45-43-41-39-37-35-33-31-28-26-24-22-20-18-16-14-12-10-8-6-4-2/h6,8,12,14,18,20,24,26,31,33,37,39,58H,3-5,7,9-11,13,15-17,19,21-23,25,27-30,32,34-36,38,40-57,60H2,1-2H3,(H,62,63)/b8-6-,14-12-,20-18-,26-24-,33-31-,39-37-. The molecule has 0 saturated heterocycles. The van der Waals surface area contributed by atoms with Crippen molar-refractivity contribution in [2.45, 2.75) is 264 Å². The third-order valence-corrected chi connectivity index (χ3v) is 13.1. The molecule has 0 saturated carbocycles. The number of carbonyl (C=O) groups excluding carboxylic acids is 1. The number of carbonyl (C=O) groups is 1. The van der Waals surface area contributed by atoms with E-state index in [-0.39, 0.29) is 32.3 Å². The quantitative estimate of drug-likeness (QED) is 0.0268. The molecule has 0 radical (unpaired) electrons. The molecule has 0 amide bonds. The number of hydrogen-bond donors (Lipinski definition) is 2. The number of rotatable bonds is 54. The van der Waals surface area contributed by atoms with Crippen molar-refractivity contribution < 1.29 is 32.8 Å². The second-order valence-corrected chi connectivity index (χ2v) is 20.2. The van der Waals surface area contributed by atoms with E-state index in [1.54, 1.807) is 0 Å². The van der Waals surface area contributed by atoms with Crippen LogP contribution in [0.15, 0.2) is 72.9 Å². The Labute approximate surface area is 420 Å². The largest absolute Gasteiger partial charge is 0.472 e. The second-order valence-electron chi connectivity index (χ2n) is 18.8. The van der Waals surface area contributed by atoms with Crippen molar-refractivity contribution in [2.24, 2.45) is 5.73 Å². The molecule has 3 N–H and O–H groups in total. The maximum Gasteiger partial charge on any atom is 0.472 e. The van der Waals surface area contributed by atoms with Crippen LogP contribution in [-0.2, 0) is 27.9 Å². The first-order valence-electron chi connectivity index (χ1n) is 28.4. The lowest BCUT2D eigenvalue weighted by Gasteiger charge is -2.20. The fraction of sp³-hybridized carbons (Fsp3) is 0.780. The molecule has 9 heteroatoms. The first-order valence-corrected chi connectivity index (χ1v) is 29.9. The van der Waals surface area contributed by atoms with Gasteiger partial charge in [-0.05, 0) is 64.2 Å². The number of phosphoric acid groups is 1. The van der Waals surface area contributed by atoms with E-state index in [2.05, 4.69) is 86.8 Å². The molecule has 0 rings (SSSR count). The summed E-state index contributed by atoms with van der Waals surface area (Å²) in [6, 6.07) is 0. The zero-order chi connectivity index (χ0) is 49.4. The van der Waals surface area contributed by atoms with Gasteiger partial charge >= 0.3 is 13.8 Å². The summed E-state index contributed by atoms with van der Waals surface area (Å²) in [6.45, 7) is 4.79. The molecule has 2 unspecified atom stereocenters. The van der Waals surface area contributed by atoms with Gasteiger partial charge in [-0.25, -0.2) is 4.57 Å². The van der Waals surface area contributed by atoms with E-state index < -0.39 is 13.9 Å². The Morgan fingerprint density at radius 3 is 1.24 bits per heavy atom. The monoisotopic (exact) mass is 974 g/mol. The molecule has 2 atom stereocenters. The second kappa shape index (κ2) is 55.9. The summed E-state index contributed by atoms with van der Waals surface area (Å²) >= 11 is 0. The van der Waals surface area contributed by atoms with Gasteiger partial charge in [-0.2, -0.15) is 0 Å². The summed E-state index contributed by atoms with van der Waals surface area (Å²) in [6.07, 6.45) is 72.4. The zero-order valence-corrected chi connectivity index (χ0v) is 45.2. The maximum atomic E-state index is 12.7. The molecular formula is C59H108NO7P. The van der Waals surface area contributed by atoms with Gasteiger partial charge in [0.2, 0.25) is 0 Å². The van der Waals surface area contributed by atoms with Gasteiger partial charge in [0, 0.05) is 19.6 Å². The van der Waals surface area contributed by atoms with Crippen LogP contribution in [0.2, 0.25) is 0 Å². The summed E-state index contributed by atoms with van der Waals surface area (Å²) in [5, 5.41) is 0. The molecule has 0 aliphatic carbocycles. The van der Waals surface area contributed by atoms with Gasteiger partial charge in [-0.3, -0.25) is 13.8 Å². The van der Waals surface area contributed by atoms with E-state index in [4.69, 9.17) is 24.3 Å². The van der Waals surface area contributed by atoms with Crippen LogP contribution in [0.3, 0.4) is 0 Å². The Hall–Kier alpha value is -2.06. The molecule has 0 aromatic carbocycles. The Morgan fingerprint density at radius 2 is 0.824 bits per heavy atom. The average molecular weight is 974 g/mol. The van der Waals surface area contributed by atoms with E-state index in [1.165, 1.54) is 154 Å². The number of unbranched alkanes of at least 4 members (excludes halogenated alkanes) is 29. The molecule has 0 bridgehead atoms. The van der Waals surface area contributed by atoms with Gasteiger partial charge in [-0.15, -0.1) is 0 Å².